The predicted molar refractivity (Wildman–Crippen MR) is 62.2 cm³/mol. The molecule has 1 aromatic carbocycles. The molecule has 0 unspecified atom stereocenters. The first-order chi connectivity index (χ1) is 8.89. The molecule has 0 radical (unpaired) electrons. The highest BCUT2D eigenvalue weighted by Crippen LogP contribution is 2.41. The molecule has 1 aliphatic carbocycles. The summed E-state index contributed by atoms with van der Waals surface area (Å²) in [4.78, 5) is 11.2. The first-order valence-corrected chi connectivity index (χ1v) is 5.83. The highest BCUT2D eigenvalue weighted by molar-refractivity contribution is 6.04. The lowest BCUT2D eigenvalue weighted by atomic mass is 10.0. The van der Waals surface area contributed by atoms with Gasteiger partial charge in [-0.3, -0.25) is 0 Å². The third-order valence-corrected chi connectivity index (χ3v) is 3.36. The average Bonchev–Trinajstić information content (AvgIpc) is 3.06. The number of hydrogen-bond donors (Lipinski definition) is 1. The maximum Gasteiger partial charge on any atom is 0.417 e. The zero-order valence-electron chi connectivity index (χ0n) is 9.74. The number of carbonyl (C=O) groups is 1. The van der Waals surface area contributed by atoms with Crippen LogP contribution in [0.25, 0.3) is 10.9 Å². The molecule has 6 heteroatoms. The Morgan fingerprint density at radius 3 is 2.47 bits per heavy atom. The van der Waals surface area contributed by atoms with Gasteiger partial charge in [0, 0.05) is 23.1 Å². The first-order valence-electron chi connectivity index (χ1n) is 5.83. The van der Waals surface area contributed by atoms with Crippen LogP contribution in [-0.2, 0) is 6.18 Å². The normalized spacial score (nSPS) is 15.9. The summed E-state index contributed by atoms with van der Waals surface area (Å²) in [6.07, 6.45) is -1.04. The van der Waals surface area contributed by atoms with Crippen LogP contribution < -0.4 is 0 Å². The lowest BCUT2D eigenvalue weighted by Crippen LogP contribution is -2.13. The van der Waals surface area contributed by atoms with Crippen LogP contribution in [0.1, 0.15) is 34.8 Å². The highest BCUT2D eigenvalue weighted by Gasteiger charge is 2.37. The first kappa shape index (κ1) is 12.1. The smallest absolute Gasteiger partial charge is 0.417 e. The number of benzene rings is 1. The van der Waals surface area contributed by atoms with Crippen molar-refractivity contribution in [1.82, 2.24) is 4.57 Å². The minimum atomic E-state index is -4.66. The van der Waals surface area contributed by atoms with Crippen LogP contribution in [0.2, 0.25) is 0 Å². The van der Waals surface area contributed by atoms with Crippen molar-refractivity contribution in [3.63, 3.8) is 0 Å². The number of fused-ring (bicyclic) bond motifs is 1. The summed E-state index contributed by atoms with van der Waals surface area (Å²) in [5, 5.41) is 9.23. The number of aromatic carboxylic acids is 1. The Kier molecular flexibility index (Phi) is 2.39. The van der Waals surface area contributed by atoms with Crippen LogP contribution in [0.3, 0.4) is 0 Å². The number of rotatable bonds is 2. The van der Waals surface area contributed by atoms with Crippen LogP contribution in [-0.4, -0.2) is 15.6 Å². The van der Waals surface area contributed by atoms with Gasteiger partial charge in [0.2, 0.25) is 0 Å². The lowest BCUT2D eigenvalue weighted by molar-refractivity contribution is -0.138. The van der Waals surface area contributed by atoms with Gasteiger partial charge in [0.25, 0.3) is 0 Å². The fraction of sp³-hybridized carbons (Fsp3) is 0.308. The minimum Gasteiger partial charge on any atom is -0.478 e. The quantitative estimate of drug-likeness (QED) is 0.903. The molecule has 1 aliphatic rings. The number of carboxylic acids is 1. The van der Waals surface area contributed by atoms with Crippen molar-refractivity contribution in [2.45, 2.75) is 25.1 Å². The number of nitrogens with zero attached hydrogens (tertiary/aromatic N) is 1. The van der Waals surface area contributed by atoms with Crippen molar-refractivity contribution >= 4 is 16.9 Å². The topological polar surface area (TPSA) is 42.2 Å². The van der Waals surface area contributed by atoms with Gasteiger partial charge in [-0.15, -0.1) is 0 Å². The van der Waals surface area contributed by atoms with Crippen molar-refractivity contribution in [2.24, 2.45) is 0 Å². The Labute approximate surface area is 106 Å². The van der Waals surface area contributed by atoms with Gasteiger partial charge in [-0.1, -0.05) is 0 Å². The summed E-state index contributed by atoms with van der Waals surface area (Å²) in [6.45, 7) is 0. The zero-order valence-corrected chi connectivity index (χ0v) is 9.74. The van der Waals surface area contributed by atoms with Gasteiger partial charge in [-0.05, 0) is 31.0 Å². The van der Waals surface area contributed by atoms with Crippen LogP contribution in [0.15, 0.2) is 24.4 Å². The Hall–Kier alpha value is -1.98. The van der Waals surface area contributed by atoms with E-state index in [1.165, 1.54) is 12.1 Å². The van der Waals surface area contributed by atoms with Gasteiger partial charge in [0.05, 0.1) is 11.1 Å². The molecule has 0 aliphatic heterocycles. The molecule has 0 bridgehead atoms. The summed E-state index contributed by atoms with van der Waals surface area (Å²) in [7, 11) is 0. The number of aromatic nitrogens is 1. The molecule has 0 atom stereocenters. The molecule has 1 heterocycles. The SMILES string of the molecule is O=C(O)c1c(C(F)(F)F)ccc2c1ccn2C1CC1. The molecule has 19 heavy (non-hydrogen) atoms. The Balaban J connectivity index is 2.30. The summed E-state index contributed by atoms with van der Waals surface area (Å²) in [5.41, 5.74) is -1.21. The standard InChI is InChI=1S/C13H10F3NO2/c14-13(15,16)9-3-4-10-8(11(9)12(18)19)5-6-17(10)7-1-2-7/h3-7H,1-2H2,(H,18,19). The Bertz CT molecular complexity index is 668. The van der Waals surface area contributed by atoms with Crippen molar-refractivity contribution in [1.29, 1.82) is 0 Å². The minimum absolute atomic E-state index is 0.147. The van der Waals surface area contributed by atoms with E-state index in [9.17, 15) is 18.0 Å². The predicted octanol–water partition coefficient (Wildman–Crippen LogP) is 3.69. The fourth-order valence-electron chi connectivity index (χ4n) is 2.38. The molecular weight excluding hydrogens is 259 g/mol. The molecule has 3 rings (SSSR count). The van der Waals surface area contributed by atoms with Crippen molar-refractivity contribution in [3.8, 4) is 0 Å². The maximum atomic E-state index is 12.8. The molecule has 1 N–H and O–H groups in total. The number of halogens is 3. The van der Waals surface area contributed by atoms with E-state index >= 15 is 0 Å². The summed E-state index contributed by atoms with van der Waals surface area (Å²) < 4.78 is 40.4. The second kappa shape index (κ2) is 3.76. The molecule has 100 valence electrons. The van der Waals surface area contributed by atoms with Gasteiger partial charge in [0.1, 0.15) is 0 Å². The molecule has 1 saturated carbocycles. The molecule has 0 spiro atoms. The van der Waals surface area contributed by atoms with Crippen molar-refractivity contribution in [2.75, 3.05) is 0 Å². The van der Waals surface area contributed by atoms with Crippen LogP contribution in [0.4, 0.5) is 13.2 Å². The van der Waals surface area contributed by atoms with E-state index in [2.05, 4.69) is 0 Å². The number of carboxylic acid groups (broad SMARTS) is 1. The zero-order chi connectivity index (χ0) is 13.8. The summed E-state index contributed by atoms with van der Waals surface area (Å²) in [5.74, 6) is -1.55. The third kappa shape index (κ3) is 1.87. The molecule has 1 aromatic heterocycles. The van der Waals surface area contributed by atoms with E-state index in [0.29, 0.717) is 5.52 Å². The fourth-order valence-corrected chi connectivity index (χ4v) is 2.38. The second-order valence-electron chi connectivity index (χ2n) is 4.68. The van der Waals surface area contributed by atoms with E-state index in [4.69, 9.17) is 5.11 Å². The molecule has 0 amide bonds. The van der Waals surface area contributed by atoms with E-state index in [0.717, 1.165) is 18.9 Å². The third-order valence-electron chi connectivity index (χ3n) is 3.36. The van der Waals surface area contributed by atoms with Gasteiger partial charge in [0.15, 0.2) is 0 Å². The van der Waals surface area contributed by atoms with Crippen LogP contribution >= 0.6 is 0 Å². The molecule has 3 nitrogen and oxygen atoms in total. The summed E-state index contributed by atoms with van der Waals surface area (Å²) >= 11 is 0. The van der Waals surface area contributed by atoms with Crippen molar-refractivity contribution < 1.29 is 23.1 Å². The lowest BCUT2D eigenvalue weighted by Gasteiger charge is -2.12. The largest absolute Gasteiger partial charge is 0.478 e. The Morgan fingerprint density at radius 2 is 1.95 bits per heavy atom. The highest BCUT2D eigenvalue weighted by atomic mass is 19.4. The van der Waals surface area contributed by atoms with Gasteiger partial charge < -0.3 is 9.67 Å². The van der Waals surface area contributed by atoms with Gasteiger partial charge in [-0.2, -0.15) is 13.2 Å². The molecule has 2 aromatic rings. The maximum absolute atomic E-state index is 12.8. The molecule has 0 saturated heterocycles. The van der Waals surface area contributed by atoms with E-state index in [1.807, 2.05) is 4.57 Å². The average molecular weight is 269 g/mol. The van der Waals surface area contributed by atoms with Gasteiger partial charge >= 0.3 is 12.1 Å². The monoisotopic (exact) mass is 269 g/mol. The molecule has 1 fully saturated rings. The van der Waals surface area contributed by atoms with Crippen LogP contribution in [0, 0.1) is 0 Å². The second-order valence-corrected chi connectivity index (χ2v) is 4.68. The van der Waals surface area contributed by atoms with Crippen LogP contribution in [0.5, 0.6) is 0 Å². The Morgan fingerprint density at radius 1 is 1.26 bits per heavy atom. The van der Waals surface area contributed by atoms with Crippen molar-refractivity contribution in [3.05, 3.63) is 35.5 Å². The van der Waals surface area contributed by atoms with E-state index in [1.54, 1.807) is 6.20 Å². The van der Waals surface area contributed by atoms with E-state index in [-0.39, 0.29) is 11.4 Å². The number of hydrogen-bond acceptors (Lipinski definition) is 1. The number of alkyl halides is 3. The van der Waals surface area contributed by atoms with E-state index < -0.39 is 23.3 Å². The summed E-state index contributed by atoms with van der Waals surface area (Å²) in [6, 6.07) is 3.94. The van der Waals surface area contributed by atoms with Gasteiger partial charge in [-0.25, -0.2) is 4.79 Å². The molecular formula is C13H10F3NO2.